The van der Waals surface area contributed by atoms with Crippen molar-refractivity contribution in [2.24, 2.45) is 5.92 Å². The number of amides is 3. The first-order valence-electron chi connectivity index (χ1n) is 10.9. The Morgan fingerprint density at radius 1 is 1.00 bits per heavy atom. The van der Waals surface area contributed by atoms with Crippen LogP contribution in [0.25, 0.3) is 0 Å². The average Bonchev–Trinajstić information content (AvgIpc) is 3.23. The van der Waals surface area contributed by atoms with Crippen LogP contribution in [0.15, 0.2) is 60.7 Å². The number of rotatable bonds is 4. The van der Waals surface area contributed by atoms with Crippen LogP contribution >= 0.6 is 0 Å². The molecule has 2 fully saturated rings. The van der Waals surface area contributed by atoms with Crippen LogP contribution in [0.5, 0.6) is 0 Å². The van der Waals surface area contributed by atoms with Gasteiger partial charge in [0.2, 0.25) is 5.72 Å². The van der Waals surface area contributed by atoms with Crippen LogP contribution in [-0.4, -0.2) is 39.7 Å². The molecule has 0 radical (unpaired) electrons. The van der Waals surface area contributed by atoms with Crippen LogP contribution in [0.4, 0.5) is 10.5 Å². The summed E-state index contributed by atoms with van der Waals surface area (Å²) in [6.45, 7) is 10.7. The van der Waals surface area contributed by atoms with Gasteiger partial charge in [-0.05, 0) is 44.4 Å². The van der Waals surface area contributed by atoms with Gasteiger partial charge >= 0.3 is 6.03 Å². The van der Waals surface area contributed by atoms with E-state index in [9.17, 15) is 9.59 Å². The van der Waals surface area contributed by atoms with Gasteiger partial charge < -0.3 is 0 Å². The maximum absolute atomic E-state index is 13.9. The summed E-state index contributed by atoms with van der Waals surface area (Å²) in [5.74, 6) is -0.135. The summed E-state index contributed by atoms with van der Waals surface area (Å²) >= 11 is 0. The monoisotopic (exact) mass is 421 g/mol. The Balaban J connectivity index is 1.82. The van der Waals surface area contributed by atoms with Crippen molar-refractivity contribution in [3.05, 3.63) is 66.2 Å². The number of para-hydroxylation sites is 1. The lowest BCUT2D eigenvalue weighted by Crippen LogP contribution is -2.52. The van der Waals surface area contributed by atoms with Gasteiger partial charge in [-0.1, -0.05) is 62.4 Å². The van der Waals surface area contributed by atoms with Gasteiger partial charge in [0, 0.05) is 18.5 Å². The molecule has 2 heterocycles. The molecule has 2 aliphatic rings. The number of hydrogen-bond donors (Lipinski definition) is 0. The van der Waals surface area contributed by atoms with Crippen molar-refractivity contribution in [1.82, 2.24) is 9.96 Å². The number of hydroxylamine groups is 2. The number of anilines is 1. The first-order chi connectivity index (χ1) is 14.6. The van der Waals surface area contributed by atoms with Gasteiger partial charge in [0.05, 0.1) is 11.7 Å². The maximum Gasteiger partial charge on any atom is 0.334 e. The lowest BCUT2D eigenvalue weighted by atomic mass is 9.94. The Morgan fingerprint density at radius 2 is 1.58 bits per heavy atom. The van der Waals surface area contributed by atoms with E-state index in [1.807, 2.05) is 55.3 Å². The minimum atomic E-state index is -1.36. The summed E-state index contributed by atoms with van der Waals surface area (Å²) in [5.41, 5.74) is -0.0865. The number of carbonyl (C=O) groups is 2. The fourth-order valence-electron chi connectivity index (χ4n) is 4.47. The Hall–Kier alpha value is -2.70. The van der Waals surface area contributed by atoms with Crippen molar-refractivity contribution < 1.29 is 14.4 Å². The predicted molar refractivity (Wildman–Crippen MR) is 120 cm³/mol. The number of urea groups is 1. The van der Waals surface area contributed by atoms with Crippen molar-refractivity contribution in [2.45, 2.75) is 58.3 Å². The third kappa shape index (κ3) is 3.64. The molecule has 0 saturated carbocycles. The van der Waals surface area contributed by atoms with E-state index in [0.717, 1.165) is 5.56 Å². The van der Waals surface area contributed by atoms with E-state index in [4.69, 9.17) is 4.84 Å². The molecule has 0 aliphatic carbocycles. The Morgan fingerprint density at radius 3 is 2.13 bits per heavy atom. The molecule has 0 N–H and O–H groups in total. The summed E-state index contributed by atoms with van der Waals surface area (Å²) < 4.78 is 0. The largest absolute Gasteiger partial charge is 0.334 e. The van der Waals surface area contributed by atoms with Crippen molar-refractivity contribution in [3.8, 4) is 0 Å². The van der Waals surface area contributed by atoms with Gasteiger partial charge in [-0.15, -0.1) is 0 Å². The van der Waals surface area contributed by atoms with Crippen LogP contribution in [0, 0.1) is 5.92 Å². The normalized spacial score (nSPS) is 24.8. The van der Waals surface area contributed by atoms with Crippen molar-refractivity contribution in [2.75, 3.05) is 11.4 Å². The number of nitrogens with zero attached hydrogens (tertiary/aromatic N) is 3. The molecule has 2 aromatic rings. The fraction of sp³-hybridized carbons (Fsp3) is 0.440. The average molecular weight is 422 g/mol. The first kappa shape index (κ1) is 21.5. The second kappa shape index (κ2) is 7.77. The second-order valence-corrected chi connectivity index (χ2v) is 9.77. The number of imide groups is 1. The molecule has 0 bridgehead atoms. The van der Waals surface area contributed by atoms with Crippen LogP contribution in [0.1, 0.15) is 52.6 Å². The summed E-state index contributed by atoms with van der Waals surface area (Å²) in [6.07, 6.45) is 0.384. The molecule has 6 heteroatoms. The first-order valence-corrected chi connectivity index (χ1v) is 10.9. The van der Waals surface area contributed by atoms with Crippen molar-refractivity contribution in [3.63, 3.8) is 0 Å². The number of hydrogen-bond acceptors (Lipinski definition) is 4. The third-order valence-electron chi connectivity index (χ3n) is 5.81. The molecule has 31 heavy (non-hydrogen) atoms. The highest BCUT2D eigenvalue weighted by Crippen LogP contribution is 2.50. The van der Waals surface area contributed by atoms with Crippen LogP contribution < -0.4 is 4.90 Å². The van der Waals surface area contributed by atoms with Gasteiger partial charge in [-0.3, -0.25) is 14.5 Å². The van der Waals surface area contributed by atoms with E-state index in [0.29, 0.717) is 18.7 Å². The quantitative estimate of drug-likeness (QED) is 0.653. The highest BCUT2D eigenvalue weighted by molar-refractivity contribution is 6.22. The third-order valence-corrected chi connectivity index (χ3v) is 5.81. The van der Waals surface area contributed by atoms with E-state index in [-0.39, 0.29) is 29.4 Å². The van der Waals surface area contributed by atoms with Gasteiger partial charge in [-0.25, -0.2) is 9.69 Å². The summed E-state index contributed by atoms with van der Waals surface area (Å²) in [5, 5.41) is 1.90. The predicted octanol–water partition coefficient (Wildman–Crippen LogP) is 4.98. The molecule has 1 spiro atoms. The van der Waals surface area contributed by atoms with Crippen LogP contribution in [0.2, 0.25) is 0 Å². The number of carbonyl (C=O) groups excluding carboxylic acids is 2. The van der Waals surface area contributed by atoms with Crippen molar-refractivity contribution in [1.29, 1.82) is 0 Å². The fourth-order valence-corrected chi connectivity index (χ4v) is 4.47. The van der Waals surface area contributed by atoms with Gasteiger partial charge in [0.25, 0.3) is 5.91 Å². The molecule has 4 rings (SSSR count). The molecule has 2 aromatic carbocycles. The van der Waals surface area contributed by atoms with E-state index >= 15 is 0 Å². The molecular formula is C25H31N3O3. The maximum atomic E-state index is 13.9. The molecule has 2 atom stereocenters. The molecule has 6 nitrogen and oxygen atoms in total. The second-order valence-electron chi connectivity index (χ2n) is 9.77. The zero-order valence-corrected chi connectivity index (χ0v) is 18.9. The zero-order valence-electron chi connectivity index (χ0n) is 18.9. The Kier molecular flexibility index (Phi) is 5.40. The van der Waals surface area contributed by atoms with E-state index in [1.54, 1.807) is 17.0 Å². The standard InChI is InChI=1S/C25H31N3O3/c1-18(2)17-26-23(30)27(20-14-10-7-11-15-20)22(29)25(26)16-21(19-12-8-6-9-13-19)28(31-25)24(3,4)5/h6-15,18,21H,16-17H2,1-5H3. The minimum Gasteiger partial charge on any atom is -0.285 e. The summed E-state index contributed by atoms with van der Waals surface area (Å²) in [6, 6.07) is 18.7. The zero-order chi connectivity index (χ0) is 22.4. The molecule has 2 unspecified atom stereocenters. The molecule has 3 amide bonds. The van der Waals surface area contributed by atoms with Gasteiger partial charge in [0.1, 0.15) is 0 Å². The molecule has 164 valence electrons. The topological polar surface area (TPSA) is 53.1 Å². The van der Waals surface area contributed by atoms with Gasteiger partial charge in [-0.2, -0.15) is 5.06 Å². The van der Waals surface area contributed by atoms with Crippen LogP contribution in [-0.2, 0) is 9.63 Å². The van der Waals surface area contributed by atoms with E-state index < -0.39 is 5.72 Å². The Bertz CT molecular complexity index is 955. The number of benzene rings is 2. The van der Waals surface area contributed by atoms with Crippen LogP contribution in [0.3, 0.4) is 0 Å². The highest BCUT2D eigenvalue weighted by Gasteiger charge is 2.66. The smallest absolute Gasteiger partial charge is 0.285 e. The molecule has 2 aliphatic heterocycles. The summed E-state index contributed by atoms with van der Waals surface area (Å²) in [7, 11) is 0. The molecular weight excluding hydrogens is 390 g/mol. The van der Waals surface area contributed by atoms with Gasteiger partial charge in [0.15, 0.2) is 0 Å². The minimum absolute atomic E-state index is 0.150. The summed E-state index contributed by atoms with van der Waals surface area (Å²) in [4.78, 5) is 36.9. The highest BCUT2D eigenvalue weighted by atomic mass is 16.7. The van der Waals surface area contributed by atoms with E-state index in [2.05, 4.69) is 32.9 Å². The van der Waals surface area contributed by atoms with E-state index in [1.165, 1.54) is 4.90 Å². The lowest BCUT2D eigenvalue weighted by Gasteiger charge is -2.37. The lowest BCUT2D eigenvalue weighted by molar-refractivity contribution is -0.265. The Labute approximate surface area is 184 Å². The molecule has 2 saturated heterocycles. The SMILES string of the molecule is CC(C)CN1C(=O)N(c2ccccc2)C(=O)C12CC(c1ccccc1)N(C(C)(C)C)O2. The molecule has 0 aromatic heterocycles. The van der Waals surface area contributed by atoms with Crippen molar-refractivity contribution >= 4 is 17.6 Å².